The van der Waals surface area contributed by atoms with Gasteiger partial charge < -0.3 is 5.11 Å². The number of aromatic carboxylic acids is 1. The Balaban J connectivity index is 3.51. The summed E-state index contributed by atoms with van der Waals surface area (Å²) in [7, 11) is 0. The zero-order valence-corrected chi connectivity index (χ0v) is 7.17. The molecule has 0 aliphatic carbocycles. The van der Waals surface area contributed by atoms with Gasteiger partial charge >= 0.3 is 5.97 Å². The lowest BCUT2D eigenvalue weighted by Gasteiger charge is -2.06. The number of alkyl halides is 2. The molecule has 1 aromatic rings. The second kappa shape index (κ2) is 4.00. The Morgan fingerprint density at radius 1 is 1.47 bits per heavy atom. The predicted octanol–water partition coefficient (Wildman–Crippen LogP) is 2.33. The molecule has 0 aliphatic rings. The maximum absolute atomic E-state index is 13.0. The lowest BCUT2D eigenvalue weighted by molar-refractivity contribution is 0.0682. The first-order valence-corrected chi connectivity index (χ1v) is 3.72. The first kappa shape index (κ1) is 11.0. The van der Waals surface area contributed by atoms with Crippen molar-refractivity contribution < 1.29 is 23.1 Å². The van der Waals surface area contributed by atoms with E-state index in [1.165, 1.54) is 6.07 Å². The molecule has 0 radical (unpaired) electrons. The fraction of sp³-hybridized carbons (Fsp3) is 0.111. The van der Waals surface area contributed by atoms with Gasteiger partial charge in [0.25, 0.3) is 6.43 Å². The molecule has 0 fully saturated rings. The van der Waals surface area contributed by atoms with Crippen LogP contribution in [0.15, 0.2) is 12.1 Å². The number of hydrogen-bond acceptors (Lipinski definition) is 2. The van der Waals surface area contributed by atoms with Crippen LogP contribution in [0.4, 0.5) is 13.2 Å². The summed E-state index contributed by atoms with van der Waals surface area (Å²) < 4.78 is 37.6. The van der Waals surface area contributed by atoms with Crippen LogP contribution in [0.2, 0.25) is 0 Å². The molecule has 0 saturated carbocycles. The van der Waals surface area contributed by atoms with Crippen molar-refractivity contribution in [2.45, 2.75) is 6.43 Å². The Kier molecular flexibility index (Phi) is 2.95. The fourth-order valence-corrected chi connectivity index (χ4v) is 1.08. The third-order valence-electron chi connectivity index (χ3n) is 1.71. The minimum absolute atomic E-state index is 0.311. The Labute approximate surface area is 82.4 Å². The van der Waals surface area contributed by atoms with E-state index >= 15 is 0 Å². The topological polar surface area (TPSA) is 61.1 Å². The van der Waals surface area contributed by atoms with Crippen LogP contribution in [0, 0.1) is 17.1 Å². The van der Waals surface area contributed by atoms with E-state index in [0.29, 0.717) is 12.1 Å². The molecule has 0 saturated heterocycles. The number of nitriles is 1. The molecule has 0 unspecified atom stereocenters. The number of carbonyl (C=O) groups is 1. The van der Waals surface area contributed by atoms with E-state index in [4.69, 9.17) is 10.4 Å². The van der Waals surface area contributed by atoms with Crippen LogP contribution < -0.4 is 0 Å². The van der Waals surface area contributed by atoms with Crippen molar-refractivity contribution in [2.24, 2.45) is 0 Å². The fourth-order valence-electron chi connectivity index (χ4n) is 1.08. The minimum atomic E-state index is -3.23. The van der Waals surface area contributed by atoms with Crippen molar-refractivity contribution in [1.29, 1.82) is 5.26 Å². The molecular weight excluding hydrogens is 211 g/mol. The number of halogens is 3. The Bertz CT molecular complexity index is 451. The highest BCUT2D eigenvalue weighted by atomic mass is 19.3. The van der Waals surface area contributed by atoms with Gasteiger partial charge in [-0.1, -0.05) is 0 Å². The average Bonchev–Trinajstić information content (AvgIpc) is 2.15. The Morgan fingerprint density at radius 3 is 2.47 bits per heavy atom. The molecule has 6 heteroatoms. The molecule has 0 bridgehead atoms. The molecule has 78 valence electrons. The number of carboxylic acids is 1. The normalized spacial score (nSPS) is 10.1. The highest BCUT2D eigenvalue weighted by molar-refractivity contribution is 5.90. The summed E-state index contributed by atoms with van der Waals surface area (Å²) in [4.78, 5) is 10.5. The van der Waals surface area contributed by atoms with Crippen molar-refractivity contribution in [2.75, 3.05) is 0 Å². The molecule has 0 aliphatic heterocycles. The number of nitrogens with zero attached hydrogens (tertiary/aromatic N) is 1. The van der Waals surface area contributed by atoms with Gasteiger partial charge in [0, 0.05) is 0 Å². The van der Waals surface area contributed by atoms with E-state index in [0.717, 1.165) is 0 Å². The summed E-state index contributed by atoms with van der Waals surface area (Å²) in [6, 6.07) is 2.77. The zero-order chi connectivity index (χ0) is 11.6. The van der Waals surface area contributed by atoms with Crippen molar-refractivity contribution in [3.63, 3.8) is 0 Å². The van der Waals surface area contributed by atoms with Crippen LogP contribution in [-0.2, 0) is 0 Å². The third-order valence-corrected chi connectivity index (χ3v) is 1.71. The summed E-state index contributed by atoms with van der Waals surface area (Å²) in [6.45, 7) is 0. The van der Waals surface area contributed by atoms with Gasteiger partial charge in [-0.15, -0.1) is 0 Å². The second-order valence-corrected chi connectivity index (χ2v) is 2.64. The van der Waals surface area contributed by atoms with Gasteiger partial charge in [0.15, 0.2) is 0 Å². The number of hydrogen-bond donors (Lipinski definition) is 1. The van der Waals surface area contributed by atoms with E-state index in [1.54, 1.807) is 0 Å². The third kappa shape index (κ3) is 2.07. The van der Waals surface area contributed by atoms with Crippen LogP contribution >= 0.6 is 0 Å². The predicted molar refractivity (Wildman–Crippen MR) is 43.0 cm³/mol. The first-order valence-electron chi connectivity index (χ1n) is 3.72. The first-order chi connectivity index (χ1) is 6.97. The molecule has 15 heavy (non-hydrogen) atoms. The quantitative estimate of drug-likeness (QED) is 0.823. The van der Waals surface area contributed by atoms with Gasteiger partial charge in [0.1, 0.15) is 5.82 Å². The molecule has 0 atom stereocenters. The smallest absolute Gasteiger partial charge is 0.336 e. The molecule has 0 amide bonds. The number of carboxylic acid groups (broad SMARTS) is 1. The molecule has 0 aromatic heterocycles. The summed E-state index contributed by atoms with van der Waals surface area (Å²) in [6.07, 6.45) is -3.23. The lowest BCUT2D eigenvalue weighted by Crippen LogP contribution is -2.06. The van der Waals surface area contributed by atoms with Gasteiger partial charge in [-0.2, -0.15) is 5.26 Å². The standard InChI is InChI=1S/C9H4F3NO2/c10-6-2-4(3-13)1-5(9(14)15)7(6)8(11)12/h1-2,8H,(H,14,15). The van der Waals surface area contributed by atoms with E-state index in [2.05, 4.69) is 0 Å². The van der Waals surface area contributed by atoms with Crippen LogP contribution in [0.1, 0.15) is 27.9 Å². The lowest BCUT2D eigenvalue weighted by atomic mass is 10.0. The van der Waals surface area contributed by atoms with E-state index in [9.17, 15) is 18.0 Å². The van der Waals surface area contributed by atoms with Crippen LogP contribution in [0.5, 0.6) is 0 Å². The summed E-state index contributed by atoms with van der Waals surface area (Å²) >= 11 is 0. The average molecular weight is 215 g/mol. The number of benzene rings is 1. The highest BCUT2D eigenvalue weighted by Crippen LogP contribution is 2.27. The van der Waals surface area contributed by atoms with Crippen LogP contribution in [0.3, 0.4) is 0 Å². The van der Waals surface area contributed by atoms with Gasteiger partial charge in [0.05, 0.1) is 22.8 Å². The second-order valence-electron chi connectivity index (χ2n) is 2.64. The van der Waals surface area contributed by atoms with E-state index in [1.807, 2.05) is 0 Å². The van der Waals surface area contributed by atoms with Gasteiger partial charge in [-0.05, 0) is 12.1 Å². The Morgan fingerprint density at radius 2 is 2.07 bits per heavy atom. The van der Waals surface area contributed by atoms with Crippen molar-refractivity contribution >= 4 is 5.97 Å². The van der Waals surface area contributed by atoms with Crippen LogP contribution in [-0.4, -0.2) is 11.1 Å². The summed E-state index contributed by atoms with van der Waals surface area (Å²) in [5, 5.41) is 17.0. The molecule has 1 rings (SSSR count). The molecule has 0 spiro atoms. The van der Waals surface area contributed by atoms with Gasteiger partial charge in [0.2, 0.25) is 0 Å². The summed E-state index contributed by atoms with van der Waals surface area (Å²) in [5.74, 6) is -3.08. The highest BCUT2D eigenvalue weighted by Gasteiger charge is 2.23. The Hall–Kier alpha value is -2.03. The molecule has 3 nitrogen and oxygen atoms in total. The summed E-state index contributed by atoms with van der Waals surface area (Å²) in [5.41, 5.74) is -2.39. The monoisotopic (exact) mass is 215 g/mol. The van der Waals surface area contributed by atoms with Gasteiger partial charge in [-0.25, -0.2) is 18.0 Å². The maximum atomic E-state index is 13.0. The zero-order valence-electron chi connectivity index (χ0n) is 7.17. The maximum Gasteiger partial charge on any atom is 0.336 e. The van der Waals surface area contributed by atoms with Crippen molar-refractivity contribution in [1.82, 2.24) is 0 Å². The van der Waals surface area contributed by atoms with Crippen molar-refractivity contribution in [3.05, 3.63) is 34.6 Å². The van der Waals surface area contributed by atoms with E-state index in [-0.39, 0.29) is 5.56 Å². The number of rotatable bonds is 2. The van der Waals surface area contributed by atoms with Crippen LogP contribution in [0.25, 0.3) is 0 Å². The van der Waals surface area contributed by atoms with Crippen molar-refractivity contribution in [3.8, 4) is 6.07 Å². The van der Waals surface area contributed by atoms with Gasteiger partial charge in [-0.3, -0.25) is 0 Å². The SMILES string of the molecule is N#Cc1cc(F)c(C(F)F)c(C(=O)O)c1. The largest absolute Gasteiger partial charge is 0.478 e. The molecule has 1 N–H and O–H groups in total. The van der Waals surface area contributed by atoms with E-state index < -0.39 is 29.3 Å². The minimum Gasteiger partial charge on any atom is -0.478 e. The molecule has 0 heterocycles. The molecular formula is C9H4F3NO2. The molecule has 1 aromatic carbocycles.